The number of urea groups is 1. The van der Waals surface area contributed by atoms with E-state index >= 15 is 0 Å². The third-order valence-corrected chi connectivity index (χ3v) is 5.41. The first kappa shape index (κ1) is 16.5. The van der Waals surface area contributed by atoms with E-state index in [2.05, 4.69) is 23.7 Å². The van der Waals surface area contributed by atoms with Gasteiger partial charge in [0.1, 0.15) is 0 Å². The van der Waals surface area contributed by atoms with Crippen LogP contribution in [0.15, 0.2) is 35.7 Å². The average molecular weight is 343 g/mol. The van der Waals surface area contributed by atoms with Gasteiger partial charge in [-0.2, -0.15) is 0 Å². The Bertz CT molecular complexity index is 739. The van der Waals surface area contributed by atoms with Crippen LogP contribution in [0.25, 0.3) is 0 Å². The van der Waals surface area contributed by atoms with Crippen LogP contribution < -0.4 is 11.1 Å². The van der Waals surface area contributed by atoms with Gasteiger partial charge < -0.3 is 16.0 Å². The van der Waals surface area contributed by atoms with Crippen LogP contribution in [-0.4, -0.2) is 23.4 Å². The first-order valence-electron chi connectivity index (χ1n) is 8.09. The Labute approximate surface area is 145 Å². The van der Waals surface area contributed by atoms with Crippen LogP contribution in [0, 0.1) is 0 Å². The molecule has 0 saturated heterocycles. The van der Waals surface area contributed by atoms with Crippen molar-refractivity contribution in [3.05, 3.63) is 57.3 Å². The minimum atomic E-state index is -0.555. The fourth-order valence-corrected chi connectivity index (χ4v) is 4.13. The molecule has 0 fully saturated rings. The third-order valence-electron chi connectivity index (χ3n) is 4.41. The van der Waals surface area contributed by atoms with E-state index in [0.717, 1.165) is 24.9 Å². The summed E-state index contributed by atoms with van der Waals surface area (Å²) in [5, 5.41) is 4.66. The molecule has 1 aliphatic heterocycles. The molecule has 1 atom stereocenters. The molecule has 0 aliphatic carbocycles. The van der Waals surface area contributed by atoms with Gasteiger partial charge in [0.25, 0.3) is 5.91 Å². The predicted molar refractivity (Wildman–Crippen MR) is 95.0 cm³/mol. The van der Waals surface area contributed by atoms with Gasteiger partial charge in [-0.25, -0.2) is 4.79 Å². The molecular formula is C18H21N3O2S. The lowest BCUT2D eigenvalue weighted by atomic mass is 9.96. The molecule has 2 heterocycles. The molecule has 0 unspecified atom stereocenters. The summed E-state index contributed by atoms with van der Waals surface area (Å²) in [4.78, 5) is 27.1. The summed E-state index contributed by atoms with van der Waals surface area (Å²) in [7, 11) is 0. The van der Waals surface area contributed by atoms with Crippen molar-refractivity contribution in [1.82, 2.24) is 10.2 Å². The Morgan fingerprint density at radius 1 is 1.29 bits per heavy atom. The number of nitrogens with two attached hydrogens (primary N) is 1. The molecule has 3 N–H and O–H groups in total. The van der Waals surface area contributed by atoms with Crippen LogP contribution in [0.1, 0.15) is 45.7 Å². The van der Waals surface area contributed by atoms with Crippen molar-refractivity contribution in [2.24, 2.45) is 5.73 Å². The number of rotatable bonds is 4. The number of hydrogen-bond donors (Lipinski definition) is 2. The Hall–Kier alpha value is -2.34. The van der Waals surface area contributed by atoms with E-state index in [-0.39, 0.29) is 11.9 Å². The van der Waals surface area contributed by atoms with E-state index in [4.69, 9.17) is 5.73 Å². The summed E-state index contributed by atoms with van der Waals surface area (Å²) in [6.45, 7) is 3.25. The molecule has 0 spiro atoms. The van der Waals surface area contributed by atoms with Crippen molar-refractivity contribution in [3.63, 3.8) is 0 Å². The lowest BCUT2D eigenvalue weighted by Gasteiger charge is -2.35. The summed E-state index contributed by atoms with van der Waals surface area (Å²) in [6.07, 6.45) is 1.84. The topological polar surface area (TPSA) is 75.4 Å². The van der Waals surface area contributed by atoms with E-state index in [0.29, 0.717) is 12.1 Å². The molecule has 126 valence electrons. The SMILES string of the molecule is CC[C@@H]1c2ccsc2CCN1C(=O)c1ccc(CNC(N)=O)cc1. The Kier molecular flexibility index (Phi) is 4.85. The Morgan fingerprint density at radius 3 is 2.71 bits per heavy atom. The number of fused-ring (bicyclic) bond motifs is 1. The van der Waals surface area contributed by atoms with E-state index in [1.807, 2.05) is 29.2 Å². The van der Waals surface area contributed by atoms with Crippen LogP contribution >= 0.6 is 11.3 Å². The second-order valence-corrected chi connectivity index (χ2v) is 6.89. The average Bonchev–Trinajstić information content (AvgIpc) is 3.07. The molecule has 3 rings (SSSR count). The molecular weight excluding hydrogens is 322 g/mol. The third kappa shape index (κ3) is 3.28. The van der Waals surface area contributed by atoms with Crippen LogP contribution in [-0.2, 0) is 13.0 Å². The maximum Gasteiger partial charge on any atom is 0.312 e. The molecule has 0 saturated carbocycles. The normalized spacial score (nSPS) is 16.5. The largest absolute Gasteiger partial charge is 0.352 e. The first-order valence-corrected chi connectivity index (χ1v) is 8.97. The van der Waals surface area contributed by atoms with Crippen LogP contribution in [0.4, 0.5) is 4.79 Å². The summed E-state index contributed by atoms with van der Waals surface area (Å²) >= 11 is 1.78. The van der Waals surface area contributed by atoms with Gasteiger partial charge in [0.05, 0.1) is 6.04 Å². The fraction of sp³-hybridized carbons (Fsp3) is 0.333. The van der Waals surface area contributed by atoms with Gasteiger partial charge in [0.15, 0.2) is 0 Å². The number of nitrogens with zero attached hydrogens (tertiary/aromatic N) is 1. The molecule has 1 aromatic carbocycles. The number of benzene rings is 1. The zero-order valence-corrected chi connectivity index (χ0v) is 14.4. The van der Waals surface area contributed by atoms with Gasteiger partial charge in [-0.3, -0.25) is 4.79 Å². The van der Waals surface area contributed by atoms with E-state index < -0.39 is 6.03 Å². The quantitative estimate of drug-likeness (QED) is 0.895. The summed E-state index contributed by atoms with van der Waals surface area (Å²) in [5.74, 6) is 0.0631. The number of nitrogens with one attached hydrogen (secondary N) is 1. The van der Waals surface area contributed by atoms with Crippen molar-refractivity contribution in [2.75, 3.05) is 6.54 Å². The number of carbonyl (C=O) groups excluding carboxylic acids is 2. The predicted octanol–water partition coefficient (Wildman–Crippen LogP) is 3.07. The van der Waals surface area contributed by atoms with Gasteiger partial charge in [0.2, 0.25) is 0 Å². The van der Waals surface area contributed by atoms with Crippen LogP contribution in [0.5, 0.6) is 0 Å². The smallest absolute Gasteiger partial charge is 0.312 e. The van der Waals surface area contributed by atoms with Gasteiger partial charge >= 0.3 is 6.03 Å². The van der Waals surface area contributed by atoms with Crippen molar-refractivity contribution in [2.45, 2.75) is 32.4 Å². The van der Waals surface area contributed by atoms with Crippen LogP contribution in [0.3, 0.4) is 0 Å². The monoisotopic (exact) mass is 343 g/mol. The van der Waals surface area contributed by atoms with E-state index in [9.17, 15) is 9.59 Å². The van der Waals surface area contributed by atoms with Crippen molar-refractivity contribution in [3.8, 4) is 0 Å². The highest BCUT2D eigenvalue weighted by molar-refractivity contribution is 7.10. The maximum atomic E-state index is 12.9. The van der Waals surface area contributed by atoms with Crippen molar-refractivity contribution >= 4 is 23.3 Å². The van der Waals surface area contributed by atoms with Crippen LogP contribution in [0.2, 0.25) is 0 Å². The highest BCUT2D eigenvalue weighted by atomic mass is 32.1. The zero-order valence-electron chi connectivity index (χ0n) is 13.6. The molecule has 0 radical (unpaired) electrons. The number of hydrogen-bond acceptors (Lipinski definition) is 3. The second-order valence-electron chi connectivity index (χ2n) is 5.89. The Balaban J connectivity index is 1.75. The summed E-state index contributed by atoms with van der Waals surface area (Å²) in [6, 6.07) is 9.08. The summed E-state index contributed by atoms with van der Waals surface area (Å²) < 4.78 is 0. The lowest BCUT2D eigenvalue weighted by molar-refractivity contribution is 0.0657. The molecule has 3 amide bonds. The minimum absolute atomic E-state index is 0.0631. The van der Waals surface area contributed by atoms with Gasteiger partial charge in [-0.05, 0) is 47.5 Å². The highest BCUT2D eigenvalue weighted by Gasteiger charge is 2.30. The Morgan fingerprint density at radius 2 is 2.04 bits per heavy atom. The molecule has 2 aromatic rings. The van der Waals surface area contributed by atoms with Crippen molar-refractivity contribution in [1.29, 1.82) is 0 Å². The standard InChI is InChI=1S/C18H21N3O2S/c1-2-15-14-8-10-24-16(14)7-9-21(15)17(22)13-5-3-12(4-6-13)11-20-18(19)23/h3-6,8,10,15H,2,7,9,11H2,1H3,(H3,19,20,23)/t15-/m1/s1. The number of thiophene rings is 1. The highest BCUT2D eigenvalue weighted by Crippen LogP contribution is 2.35. The fourth-order valence-electron chi connectivity index (χ4n) is 3.20. The van der Waals surface area contributed by atoms with Crippen molar-refractivity contribution < 1.29 is 9.59 Å². The lowest BCUT2D eigenvalue weighted by Crippen LogP contribution is -2.39. The molecule has 5 nitrogen and oxygen atoms in total. The van der Waals surface area contributed by atoms with Gasteiger partial charge in [-0.1, -0.05) is 19.1 Å². The first-order chi connectivity index (χ1) is 11.6. The molecule has 0 bridgehead atoms. The zero-order chi connectivity index (χ0) is 17.1. The van der Waals surface area contributed by atoms with Gasteiger partial charge in [0, 0.05) is 23.5 Å². The van der Waals surface area contributed by atoms with E-state index in [1.165, 1.54) is 10.4 Å². The second kappa shape index (κ2) is 7.05. The summed E-state index contributed by atoms with van der Waals surface area (Å²) in [5.41, 5.74) is 7.95. The van der Waals surface area contributed by atoms with Gasteiger partial charge in [-0.15, -0.1) is 11.3 Å². The number of primary amides is 1. The molecule has 6 heteroatoms. The molecule has 1 aliphatic rings. The maximum absolute atomic E-state index is 12.9. The minimum Gasteiger partial charge on any atom is -0.352 e. The number of amides is 3. The molecule has 1 aromatic heterocycles. The van der Waals surface area contributed by atoms with E-state index in [1.54, 1.807) is 11.3 Å². The molecule has 24 heavy (non-hydrogen) atoms. The number of carbonyl (C=O) groups is 2.